The molecule has 1 heterocycles. The van der Waals surface area contributed by atoms with Crippen LogP contribution in [0.1, 0.15) is 43.7 Å². The van der Waals surface area contributed by atoms with Gasteiger partial charge in [0, 0.05) is 25.9 Å². The second-order valence-corrected chi connectivity index (χ2v) is 6.94. The quantitative estimate of drug-likeness (QED) is 0.731. The van der Waals surface area contributed by atoms with Crippen molar-refractivity contribution in [1.29, 1.82) is 0 Å². The lowest BCUT2D eigenvalue weighted by molar-refractivity contribution is -0.159. The maximum Gasteiger partial charge on any atom is 0.306 e. The van der Waals surface area contributed by atoms with E-state index in [2.05, 4.69) is 12.1 Å². The van der Waals surface area contributed by atoms with E-state index in [1.807, 2.05) is 12.1 Å². The molecular formula is C20H26N2O4. The van der Waals surface area contributed by atoms with E-state index in [1.165, 1.54) is 16.1 Å². The summed E-state index contributed by atoms with van der Waals surface area (Å²) in [5.41, 5.74) is 2.66. The molecule has 6 heteroatoms. The first kappa shape index (κ1) is 18.4. The number of rotatable bonds is 6. The predicted molar refractivity (Wildman–Crippen MR) is 95.9 cm³/mol. The van der Waals surface area contributed by atoms with Crippen molar-refractivity contribution in [2.24, 2.45) is 5.92 Å². The lowest BCUT2D eigenvalue weighted by atomic mass is 10.0. The maximum absolute atomic E-state index is 12.7. The molecule has 1 aromatic carbocycles. The highest BCUT2D eigenvalue weighted by Gasteiger charge is 2.33. The number of amides is 2. The molecule has 0 spiro atoms. The summed E-state index contributed by atoms with van der Waals surface area (Å²) >= 11 is 0. The number of carbonyl (C=O) groups is 3. The summed E-state index contributed by atoms with van der Waals surface area (Å²) in [6.45, 7) is 3.16. The fraction of sp³-hybridized carbons (Fsp3) is 0.550. The van der Waals surface area contributed by atoms with Crippen LogP contribution in [0.15, 0.2) is 24.3 Å². The lowest BCUT2D eigenvalue weighted by Crippen LogP contribution is -2.45. The Bertz CT molecular complexity index is 663. The summed E-state index contributed by atoms with van der Waals surface area (Å²) < 4.78 is 4.86. The van der Waals surface area contributed by atoms with E-state index in [0.29, 0.717) is 32.0 Å². The summed E-state index contributed by atoms with van der Waals surface area (Å²) in [7, 11) is 0. The largest absolute Gasteiger partial charge is 0.466 e. The number of ether oxygens (including phenoxy) is 1. The third-order valence-corrected chi connectivity index (χ3v) is 5.05. The van der Waals surface area contributed by atoms with E-state index in [9.17, 15) is 14.4 Å². The first-order valence-electron chi connectivity index (χ1n) is 9.41. The molecule has 0 N–H and O–H groups in total. The summed E-state index contributed by atoms with van der Waals surface area (Å²) in [6, 6.07) is 8.32. The predicted octanol–water partition coefficient (Wildman–Crippen LogP) is 2.11. The number of carbonyl (C=O) groups excluding carboxylic acids is 3. The molecule has 2 amide bonds. The number of hydrazine groups is 1. The van der Waals surface area contributed by atoms with Gasteiger partial charge in [0.2, 0.25) is 11.8 Å². The minimum absolute atomic E-state index is 0.00444. The van der Waals surface area contributed by atoms with Crippen LogP contribution in [-0.2, 0) is 32.0 Å². The number of fused-ring (bicyclic) bond motifs is 1. The smallest absolute Gasteiger partial charge is 0.306 e. The van der Waals surface area contributed by atoms with Crippen molar-refractivity contribution in [3.8, 4) is 0 Å². The Hall–Kier alpha value is -2.37. The van der Waals surface area contributed by atoms with Gasteiger partial charge in [-0.3, -0.25) is 24.4 Å². The van der Waals surface area contributed by atoms with Gasteiger partial charge in [0.15, 0.2) is 0 Å². The summed E-state index contributed by atoms with van der Waals surface area (Å²) in [6.07, 6.45) is 3.22. The molecule has 1 aliphatic carbocycles. The molecular weight excluding hydrogens is 332 g/mol. The van der Waals surface area contributed by atoms with Crippen molar-refractivity contribution in [2.45, 2.75) is 45.4 Å². The third-order valence-electron chi connectivity index (χ3n) is 5.05. The first-order valence-corrected chi connectivity index (χ1v) is 9.41. The fourth-order valence-electron chi connectivity index (χ4n) is 3.85. The van der Waals surface area contributed by atoms with Gasteiger partial charge in [-0.2, -0.15) is 0 Å². The van der Waals surface area contributed by atoms with Crippen LogP contribution in [0.25, 0.3) is 0 Å². The normalized spacial score (nSPS) is 16.7. The van der Waals surface area contributed by atoms with Crippen LogP contribution in [-0.4, -0.2) is 47.5 Å². The SMILES string of the molecule is CCOC(=O)CCC(=O)N1CCCN1C(=O)CC1Cc2ccccc2C1. The van der Waals surface area contributed by atoms with E-state index in [-0.39, 0.29) is 30.6 Å². The van der Waals surface area contributed by atoms with Crippen LogP contribution < -0.4 is 0 Å². The molecule has 0 unspecified atom stereocenters. The first-order chi connectivity index (χ1) is 12.6. The van der Waals surface area contributed by atoms with Gasteiger partial charge in [-0.25, -0.2) is 0 Å². The van der Waals surface area contributed by atoms with E-state index < -0.39 is 0 Å². The number of hydrogen-bond acceptors (Lipinski definition) is 4. The molecule has 6 nitrogen and oxygen atoms in total. The van der Waals surface area contributed by atoms with Crippen molar-refractivity contribution in [3.63, 3.8) is 0 Å². The lowest BCUT2D eigenvalue weighted by Gasteiger charge is -2.28. The molecule has 0 saturated carbocycles. The zero-order valence-corrected chi connectivity index (χ0v) is 15.3. The van der Waals surface area contributed by atoms with Crippen LogP contribution in [0.5, 0.6) is 0 Å². The molecule has 1 aliphatic heterocycles. The molecule has 3 rings (SSSR count). The molecule has 1 aromatic rings. The van der Waals surface area contributed by atoms with Crippen LogP contribution in [0.4, 0.5) is 0 Å². The summed E-state index contributed by atoms with van der Waals surface area (Å²) in [5, 5.41) is 3.10. The highest BCUT2D eigenvalue weighted by atomic mass is 16.5. The highest BCUT2D eigenvalue weighted by Crippen LogP contribution is 2.29. The molecule has 1 fully saturated rings. The number of benzene rings is 1. The zero-order chi connectivity index (χ0) is 18.5. The Morgan fingerprint density at radius 1 is 1.00 bits per heavy atom. The number of hydrogen-bond donors (Lipinski definition) is 0. The van der Waals surface area contributed by atoms with Gasteiger partial charge in [-0.05, 0) is 43.2 Å². The van der Waals surface area contributed by atoms with E-state index in [1.54, 1.807) is 11.9 Å². The van der Waals surface area contributed by atoms with Crippen molar-refractivity contribution in [2.75, 3.05) is 19.7 Å². The topological polar surface area (TPSA) is 66.9 Å². The van der Waals surface area contributed by atoms with Crippen molar-refractivity contribution < 1.29 is 19.1 Å². The van der Waals surface area contributed by atoms with E-state index in [0.717, 1.165) is 19.3 Å². The Morgan fingerprint density at radius 2 is 1.62 bits per heavy atom. The van der Waals surface area contributed by atoms with E-state index >= 15 is 0 Å². The van der Waals surface area contributed by atoms with Gasteiger partial charge >= 0.3 is 5.97 Å². The molecule has 1 saturated heterocycles. The number of nitrogens with zero attached hydrogens (tertiary/aromatic N) is 2. The Morgan fingerprint density at radius 3 is 2.23 bits per heavy atom. The average Bonchev–Trinajstić information content (AvgIpc) is 3.26. The molecule has 0 radical (unpaired) electrons. The molecule has 26 heavy (non-hydrogen) atoms. The van der Waals surface area contributed by atoms with Crippen molar-refractivity contribution in [3.05, 3.63) is 35.4 Å². The molecule has 0 atom stereocenters. The molecule has 0 bridgehead atoms. The Kier molecular flexibility index (Phi) is 5.91. The molecule has 2 aliphatic rings. The van der Waals surface area contributed by atoms with Gasteiger partial charge in [0.05, 0.1) is 13.0 Å². The standard InChI is InChI=1S/C20H26N2O4/c1-2-26-20(25)9-8-18(23)21-10-5-11-22(21)19(24)14-15-12-16-6-3-4-7-17(16)13-15/h3-4,6-7,15H,2,5,8-14H2,1H3. The van der Waals surface area contributed by atoms with Crippen LogP contribution >= 0.6 is 0 Å². The fourth-order valence-corrected chi connectivity index (χ4v) is 3.85. The molecule has 0 aromatic heterocycles. The van der Waals surface area contributed by atoms with Crippen molar-refractivity contribution >= 4 is 17.8 Å². The molecule has 140 valence electrons. The third kappa shape index (κ3) is 4.23. The van der Waals surface area contributed by atoms with E-state index in [4.69, 9.17) is 4.74 Å². The summed E-state index contributed by atoms with van der Waals surface area (Å²) in [4.78, 5) is 36.6. The monoisotopic (exact) mass is 358 g/mol. The minimum Gasteiger partial charge on any atom is -0.466 e. The highest BCUT2D eigenvalue weighted by molar-refractivity contribution is 5.85. The van der Waals surface area contributed by atoms with Crippen molar-refractivity contribution in [1.82, 2.24) is 10.0 Å². The minimum atomic E-state index is -0.373. The van der Waals surface area contributed by atoms with Gasteiger partial charge in [0.1, 0.15) is 0 Å². The van der Waals surface area contributed by atoms with Crippen LogP contribution in [0, 0.1) is 5.92 Å². The van der Waals surface area contributed by atoms with Gasteiger partial charge in [-0.15, -0.1) is 0 Å². The average molecular weight is 358 g/mol. The second kappa shape index (κ2) is 8.34. The van der Waals surface area contributed by atoms with Crippen LogP contribution in [0.2, 0.25) is 0 Å². The van der Waals surface area contributed by atoms with Gasteiger partial charge < -0.3 is 4.74 Å². The van der Waals surface area contributed by atoms with Gasteiger partial charge in [0.25, 0.3) is 0 Å². The number of esters is 1. The second-order valence-electron chi connectivity index (χ2n) is 6.94. The summed E-state index contributed by atoms with van der Waals surface area (Å²) in [5.74, 6) is -0.248. The van der Waals surface area contributed by atoms with Gasteiger partial charge in [-0.1, -0.05) is 24.3 Å². The Balaban J connectivity index is 1.52. The Labute approximate surface area is 154 Å². The zero-order valence-electron chi connectivity index (χ0n) is 15.3. The van der Waals surface area contributed by atoms with Crippen LogP contribution in [0.3, 0.4) is 0 Å². The maximum atomic E-state index is 12.7.